The Balaban J connectivity index is 3.86. The number of unbranched alkanes of at least 4 members (excludes halogenated alkanes) is 15. The van der Waals surface area contributed by atoms with Crippen LogP contribution >= 0.6 is 0 Å². The van der Waals surface area contributed by atoms with Crippen LogP contribution in [0.1, 0.15) is 136 Å². The highest BCUT2D eigenvalue weighted by atomic mass is 16.2. The van der Waals surface area contributed by atoms with E-state index in [9.17, 15) is 9.59 Å². The Labute approximate surface area is 180 Å². The summed E-state index contributed by atoms with van der Waals surface area (Å²) >= 11 is 0. The molecule has 170 valence electrons. The molecule has 0 spiro atoms. The van der Waals surface area contributed by atoms with Crippen LogP contribution in [0, 0.1) is 0 Å². The molecule has 0 saturated carbocycles. The number of amides is 2. The number of carbonyl (C=O) groups excluding carboxylic acids is 2. The zero-order valence-electron chi connectivity index (χ0n) is 19.6. The molecule has 0 bridgehead atoms. The maximum absolute atomic E-state index is 12.4. The summed E-state index contributed by atoms with van der Waals surface area (Å²) in [5, 5.41) is 1.38. The molecular weight excluding hydrogens is 360 g/mol. The van der Waals surface area contributed by atoms with Crippen molar-refractivity contribution in [1.29, 1.82) is 0 Å². The molecule has 0 saturated heterocycles. The summed E-state index contributed by atoms with van der Waals surface area (Å²) in [5.41, 5.74) is 2.64. The zero-order chi connectivity index (χ0) is 21.6. The van der Waals surface area contributed by atoms with Crippen LogP contribution in [0.2, 0.25) is 0 Å². The van der Waals surface area contributed by atoms with E-state index in [2.05, 4.69) is 19.3 Å². The number of nitrogens with zero attached hydrogens (tertiary/aromatic N) is 1. The highest BCUT2D eigenvalue weighted by molar-refractivity contribution is 5.81. The molecule has 29 heavy (non-hydrogen) atoms. The van der Waals surface area contributed by atoms with Gasteiger partial charge in [-0.1, -0.05) is 110 Å². The molecular formula is C25H48N2O2. The number of nitrogens with one attached hydrogen (secondary N) is 1. The van der Waals surface area contributed by atoms with E-state index < -0.39 is 0 Å². The van der Waals surface area contributed by atoms with Crippen LogP contribution in [0.3, 0.4) is 0 Å². The van der Waals surface area contributed by atoms with Crippen molar-refractivity contribution < 1.29 is 9.59 Å². The van der Waals surface area contributed by atoms with Gasteiger partial charge in [0.25, 0.3) is 0 Å². The smallest absolute Gasteiger partial charge is 0.245 e. The predicted octanol–water partition coefficient (Wildman–Crippen LogP) is 7.44. The first-order valence-corrected chi connectivity index (χ1v) is 12.4. The number of hydrogen-bond donors (Lipinski definition) is 1. The molecule has 0 atom stereocenters. The molecule has 0 aromatic heterocycles. The summed E-state index contributed by atoms with van der Waals surface area (Å²) in [4.78, 5) is 23.7. The van der Waals surface area contributed by atoms with Gasteiger partial charge in [0.05, 0.1) is 0 Å². The van der Waals surface area contributed by atoms with Gasteiger partial charge in [0.1, 0.15) is 0 Å². The normalized spacial score (nSPS) is 11.1. The van der Waals surface area contributed by atoms with Gasteiger partial charge in [-0.15, -0.1) is 0 Å². The third kappa shape index (κ3) is 19.8. The van der Waals surface area contributed by atoms with Crippen molar-refractivity contribution in [3.05, 3.63) is 12.3 Å². The van der Waals surface area contributed by atoms with Crippen molar-refractivity contribution in [2.75, 3.05) is 0 Å². The Bertz CT molecular complexity index is 421. The molecule has 0 rings (SSSR count). The molecule has 0 aliphatic heterocycles. The van der Waals surface area contributed by atoms with Gasteiger partial charge in [0.15, 0.2) is 0 Å². The molecule has 0 aliphatic carbocycles. The molecule has 4 nitrogen and oxygen atoms in total. The van der Waals surface area contributed by atoms with Crippen LogP contribution < -0.4 is 5.43 Å². The van der Waals surface area contributed by atoms with Crippen LogP contribution in [-0.4, -0.2) is 16.8 Å². The van der Waals surface area contributed by atoms with E-state index in [1.807, 2.05) is 6.08 Å². The minimum absolute atomic E-state index is 0.0185. The molecule has 1 N–H and O–H groups in total. The Morgan fingerprint density at radius 1 is 0.690 bits per heavy atom. The second-order valence-electron chi connectivity index (χ2n) is 8.30. The largest absolute Gasteiger partial charge is 0.274 e. The van der Waals surface area contributed by atoms with Gasteiger partial charge < -0.3 is 0 Å². The molecule has 0 aromatic carbocycles. The Hall–Kier alpha value is -1.32. The van der Waals surface area contributed by atoms with Crippen LogP contribution in [0.5, 0.6) is 0 Å². The van der Waals surface area contributed by atoms with Gasteiger partial charge in [-0.3, -0.25) is 15.0 Å². The lowest BCUT2D eigenvalue weighted by Crippen LogP contribution is -2.41. The summed E-state index contributed by atoms with van der Waals surface area (Å²) in [5.74, 6) is -0.222. The molecule has 0 unspecified atom stereocenters. The van der Waals surface area contributed by atoms with E-state index >= 15 is 0 Å². The third-order valence-electron chi connectivity index (χ3n) is 5.27. The van der Waals surface area contributed by atoms with Crippen molar-refractivity contribution in [2.24, 2.45) is 0 Å². The van der Waals surface area contributed by atoms with Crippen molar-refractivity contribution in [2.45, 2.75) is 136 Å². The predicted molar refractivity (Wildman–Crippen MR) is 124 cm³/mol. The molecule has 0 heterocycles. The van der Waals surface area contributed by atoms with E-state index in [0.29, 0.717) is 6.42 Å². The Morgan fingerprint density at radius 3 is 1.62 bits per heavy atom. The minimum atomic E-state index is -0.204. The second-order valence-corrected chi connectivity index (χ2v) is 8.30. The summed E-state index contributed by atoms with van der Waals surface area (Å²) in [6.45, 7) is 5.91. The quantitative estimate of drug-likeness (QED) is 0.178. The summed E-state index contributed by atoms with van der Waals surface area (Å²) in [6.07, 6.45) is 25.4. The van der Waals surface area contributed by atoms with E-state index in [4.69, 9.17) is 0 Å². The average molecular weight is 409 g/mol. The summed E-state index contributed by atoms with van der Waals surface area (Å²) in [7, 11) is 0. The average Bonchev–Trinajstić information content (AvgIpc) is 2.70. The minimum Gasteiger partial charge on any atom is -0.274 e. The summed E-state index contributed by atoms with van der Waals surface area (Å²) in [6, 6.07) is 0. The molecule has 4 heteroatoms. The maximum Gasteiger partial charge on any atom is 0.245 e. The van der Waals surface area contributed by atoms with E-state index in [1.165, 1.54) is 95.4 Å². The van der Waals surface area contributed by atoms with Crippen molar-refractivity contribution >= 4 is 11.8 Å². The standard InChI is InChI=1S/C25H48N2O2/c1-4-6-8-10-12-13-14-15-16-17-19-21-23-27(26-24(3)28)25(29)22-20-18-11-9-7-5-2/h21,23H,4-20,22H2,1-3H3,(H,26,28)/b23-21-. The van der Waals surface area contributed by atoms with Crippen molar-refractivity contribution in [1.82, 2.24) is 10.4 Å². The van der Waals surface area contributed by atoms with Gasteiger partial charge >= 0.3 is 0 Å². The monoisotopic (exact) mass is 408 g/mol. The SMILES string of the molecule is CCCCCCCCCCCC/C=C\N(NC(C)=O)C(=O)CCCCCCCC. The first kappa shape index (κ1) is 27.7. The highest BCUT2D eigenvalue weighted by Crippen LogP contribution is 2.12. The molecule has 0 aromatic rings. The molecule has 0 radical (unpaired) electrons. The number of allylic oxidation sites excluding steroid dienone is 1. The lowest BCUT2D eigenvalue weighted by Gasteiger charge is -2.18. The van der Waals surface area contributed by atoms with Gasteiger partial charge in [-0.25, -0.2) is 5.01 Å². The fourth-order valence-corrected chi connectivity index (χ4v) is 3.46. The Morgan fingerprint density at radius 2 is 1.14 bits per heavy atom. The second kappa shape index (κ2) is 21.4. The third-order valence-corrected chi connectivity index (χ3v) is 5.27. The Kier molecular flexibility index (Phi) is 20.4. The van der Waals surface area contributed by atoms with Crippen molar-refractivity contribution in [3.63, 3.8) is 0 Å². The number of carbonyl (C=O) groups is 2. The first-order chi connectivity index (χ1) is 14.1. The lowest BCUT2D eigenvalue weighted by atomic mass is 10.1. The van der Waals surface area contributed by atoms with Crippen LogP contribution in [0.15, 0.2) is 12.3 Å². The van der Waals surface area contributed by atoms with Crippen LogP contribution in [-0.2, 0) is 9.59 Å². The fourth-order valence-electron chi connectivity index (χ4n) is 3.46. The molecule has 0 fully saturated rings. The number of hydrogen-bond acceptors (Lipinski definition) is 2. The zero-order valence-corrected chi connectivity index (χ0v) is 19.6. The van der Waals surface area contributed by atoms with E-state index in [-0.39, 0.29) is 11.8 Å². The van der Waals surface area contributed by atoms with Gasteiger partial charge in [0.2, 0.25) is 11.8 Å². The fraction of sp³-hybridized carbons (Fsp3) is 0.840. The summed E-state index contributed by atoms with van der Waals surface area (Å²) < 4.78 is 0. The van der Waals surface area contributed by atoms with Gasteiger partial charge in [-0.2, -0.15) is 0 Å². The first-order valence-electron chi connectivity index (χ1n) is 12.4. The van der Waals surface area contributed by atoms with Crippen LogP contribution in [0.4, 0.5) is 0 Å². The van der Waals surface area contributed by atoms with E-state index in [1.54, 1.807) is 6.20 Å². The van der Waals surface area contributed by atoms with E-state index in [0.717, 1.165) is 25.7 Å². The lowest BCUT2D eigenvalue weighted by molar-refractivity contribution is -0.137. The van der Waals surface area contributed by atoms with Crippen LogP contribution in [0.25, 0.3) is 0 Å². The number of rotatable bonds is 19. The molecule has 0 aliphatic rings. The van der Waals surface area contributed by atoms with Gasteiger partial charge in [0, 0.05) is 19.5 Å². The maximum atomic E-state index is 12.4. The highest BCUT2D eigenvalue weighted by Gasteiger charge is 2.11. The van der Waals surface area contributed by atoms with Gasteiger partial charge in [-0.05, 0) is 19.3 Å². The topological polar surface area (TPSA) is 49.4 Å². The van der Waals surface area contributed by atoms with Crippen molar-refractivity contribution in [3.8, 4) is 0 Å². The molecule has 2 amide bonds. The number of hydrazine groups is 1.